The van der Waals surface area contributed by atoms with Crippen molar-refractivity contribution in [3.8, 4) is 5.75 Å². The van der Waals surface area contributed by atoms with Gasteiger partial charge in [-0.1, -0.05) is 18.2 Å². The Hall–Kier alpha value is -2.54. The van der Waals surface area contributed by atoms with Gasteiger partial charge in [-0.3, -0.25) is 9.10 Å². The van der Waals surface area contributed by atoms with E-state index < -0.39 is 16.1 Å². The van der Waals surface area contributed by atoms with E-state index in [9.17, 15) is 13.2 Å². The Bertz CT molecular complexity index is 1220. The summed E-state index contributed by atoms with van der Waals surface area (Å²) in [6, 6.07) is 13.9. The van der Waals surface area contributed by atoms with Crippen molar-refractivity contribution in [2.75, 3.05) is 22.4 Å². The Morgan fingerprint density at radius 2 is 1.63 bits per heavy atom. The van der Waals surface area contributed by atoms with Crippen LogP contribution < -0.4 is 14.4 Å². The number of hydrogen-bond acceptors (Lipinski definition) is 4. The molecule has 2 aromatic rings. The van der Waals surface area contributed by atoms with Crippen LogP contribution in [0.25, 0.3) is 0 Å². The Morgan fingerprint density at radius 1 is 1.00 bits per heavy atom. The summed E-state index contributed by atoms with van der Waals surface area (Å²) >= 11 is 0. The number of aryl methyl sites for hydroxylation is 1. The topological polar surface area (TPSA) is 75.7 Å². The molecule has 0 aromatic heterocycles. The average Bonchev–Trinajstić information content (AvgIpc) is 2.98. The third kappa shape index (κ3) is 4.22. The zero-order valence-corrected chi connectivity index (χ0v) is 21.3. The highest BCUT2D eigenvalue weighted by Gasteiger charge is 2.51. The summed E-state index contributed by atoms with van der Waals surface area (Å²) < 4.78 is 32.2. The quantitative estimate of drug-likeness (QED) is 0.648. The molecule has 1 atom stereocenters. The fourth-order valence-electron chi connectivity index (χ4n) is 7.61. The number of benzene rings is 2. The summed E-state index contributed by atoms with van der Waals surface area (Å²) in [5, 5.41) is 3.00. The standard InChI is InChI=1S/C28H34N2O4S/c1-18-3-8-25-24(11-18)30(35(2,32)33)10-9-26(34-25)27(31)29-23-6-4-22(5-7-23)28-15-19-12-20(16-28)14-21(13-19)17-28/h3-8,11,19-21,26H,9-10,12-17H2,1-2H3,(H,29,31)/t19?,20?,21?,26-,28?/m0/s1. The minimum Gasteiger partial charge on any atom is -0.478 e. The number of ether oxygens (including phenoxy) is 1. The SMILES string of the molecule is Cc1ccc2c(c1)N(S(C)(=O)=O)CC[C@@H](C(=O)Nc1ccc(C34CC5CC(CC(C5)C3)C4)cc1)O2. The number of sulfonamides is 1. The minimum atomic E-state index is -3.49. The molecule has 6 nitrogen and oxygen atoms in total. The molecule has 4 saturated carbocycles. The zero-order chi connectivity index (χ0) is 24.4. The van der Waals surface area contributed by atoms with Crippen molar-refractivity contribution in [1.82, 2.24) is 0 Å². The molecule has 4 bridgehead atoms. The molecule has 4 aliphatic carbocycles. The third-order valence-electron chi connectivity index (χ3n) is 8.74. The van der Waals surface area contributed by atoms with E-state index in [4.69, 9.17) is 4.74 Å². The molecule has 4 fully saturated rings. The fraction of sp³-hybridized carbons (Fsp3) is 0.536. The van der Waals surface area contributed by atoms with E-state index in [1.807, 2.05) is 25.1 Å². The highest BCUT2D eigenvalue weighted by atomic mass is 32.2. The van der Waals surface area contributed by atoms with E-state index in [-0.39, 0.29) is 18.9 Å². The molecule has 0 unspecified atom stereocenters. The normalized spacial score (nSPS) is 31.4. The fourth-order valence-corrected chi connectivity index (χ4v) is 8.55. The van der Waals surface area contributed by atoms with Crippen molar-refractivity contribution in [3.05, 3.63) is 53.6 Å². The maximum absolute atomic E-state index is 13.2. The van der Waals surface area contributed by atoms with Crippen LogP contribution in [0.2, 0.25) is 0 Å². The van der Waals surface area contributed by atoms with Crippen molar-refractivity contribution in [3.63, 3.8) is 0 Å². The van der Waals surface area contributed by atoms with Crippen molar-refractivity contribution >= 4 is 27.3 Å². The van der Waals surface area contributed by atoms with Gasteiger partial charge >= 0.3 is 0 Å². The first-order chi connectivity index (χ1) is 16.7. The lowest BCUT2D eigenvalue weighted by atomic mass is 9.48. The molecule has 7 heteroatoms. The largest absolute Gasteiger partial charge is 0.478 e. The van der Waals surface area contributed by atoms with Gasteiger partial charge in [0.25, 0.3) is 5.91 Å². The molecule has 35 heavy (non-hydrogen) atoms. The van der Waals surface area contributed by atoms with Crippen LogP contribution in [-0.4, -0.2) is 33.2 Å². The van der Waals surface area contributed by atoms with Gasteiger partial charge in [-0.2, -0.15) is 0 Å². The number of anilines is 2. The van der Waals surface area contributed by atoms with Gasteiger partial charge in [0.05, 0.1) is 11.9 Å². The lowest BCUT2D eigenvalue weighted by Gasteiger charge is -2.57. The molecule has 1 heterocycles. The number of fused-ring (bicyclic) bond motifs is 1. The average molecular weight is 495 g/mol. The summed E-state index contributed by atoms with van der Waals surface area (Å²) in [5.74, 6) is 2.84. The van der Waals surface area contributed by atoms with Gasteiger partial charge in [0.1, 0.15) is 5.75 Å². The summed E-state index contributed by atoms with van der Waals surface area (Å²) in [6.07, 6.45) is 8.91. The predicted octanol–water partition coefficient (Wildman–Crippen LogP) is 5.02. The molecule has 5 aliphatic rings. The van der Waals surface area contributed by atoms with Crippen LogP contribution in [-0.2, 0) is 20.2 Å². The van der Waals surface area contributed by atoms with E-state index in [1.54, 1.807) is 12.1 Å². The van der Waals surface area contributed by atoms with Crippen LogP contribution in [0.15, 0.2) is 42.5 Å². The van der Waals surface area contributed by atoms with Crippen LogP contribution in [0.4, 0.5) is 11.4 Å². The first-order valence-electron chi connectivity index (χ1n) is 12.8. The molecular formula is C28H34N2O4S. The number of nitrogens with zero attached hydrogens (tertiary/aromatic N) is 1. The second-order valence-electron chi connectivity index (χ2n) is 11.5. The molecule has 1 amide bonds. The zero-order valence-electron chi connectivity index (χ0n) is 20.5. The number of rotatable bonds is 4. The second-order valence-corrected chi connectivity index (χ2v) is 13.4. The van der Waals surface area contributed by atoms with Crippen LogP contribution in [0.1, 0.15) is 56.1 Å². The summed E-state index contributed by atoms with van der Waals surface area (Å²) in [6.45, 7) is 2.10. The van der Waals surface area contributed by atoms with Gasteiger partial charge in [-0.05, 0) is 104 Å². The molecule has 0 saturated heterocycles. The first-order valence-corrected chi connectivity index (χ1v) is 14.7. The van der Waals surface area contributed by atoms with Crippen molar-refractivity contribution in [1.29, 1.82) is 0 Å². The van der Waals surface area contributed by atoms with Gasteiger partial charge < -0.3 is 10.1 Å². The predicted molar refractivity (Wildman–Crippen MR) is 137 cm³/mol. The first kappa shape index (κ1) is 22.9. The van der Waals surface area contributed by atoms with Crippen molar-refractivity contribution < 1.29 is 17.9 Å². The third-order valence-corrected chi connectivity index (χ3v) is 9.92. The number of amides is 1. The monoisotopic (exact) mass is 494 g/mol. The van der Waals surface area contributed by atoms with Crippen molar-refractivity contribution in [2.45, 2.75) is 63.4 Å². The van der Waals surface area contributed by atoms with Crippen LogP contribution in [0, 0.1) is 24.7 Å². The molecular weight excluding hydrogens is 460 g/mol. The summed E-state index contributed by atoms with van der Waals surface area (Å²) in [7, 11) is -3.49. The maximum atomic E-state index is 13.2. The van der Waals surface area contributed by atoms with E-state index in [2.05, 4.69) is 17.4 Å². The van der Waals surface area contributed by atoms with Gasteiger partial charge in [-0.15, -0.1) is 0 Å². The van der Waals surface area contributed by atoms with E-state index >= 15 is 0 Å². The highest BCUT2D eigenvalue weighted by molar-refractivity contribution is 7.92. The van der Waals surface area contributed by atoms with Gasteiger partial charge in [0.2, 0.25) is 10.0 Å². The van der Waals surface area contributed by atoms with Gasteiger partial charge in [0, 0.05) is 18.7 Å². The molecule has 2 aromatic carbocycles. The van der Waals surface area contributed by atoms with Crippen LogP contribution in [0.5, 0.6) is 5.75 Å². The Balaban J connectivity index is 1.18. The smallest absolute Gasteiger partial charge is 0.265 e. The second kappa shape index (κ2) is 8.26. The summed E-state index contributed by atoms with van der Waals surface area (Å²) in [5.41, 5.74) is 3.93. The molecule has 0 radical (unpaired) electrons. The number of carbonyl (C=O) groups excluding carboxylic acids is 1. The Labute approximate surface area is 208 Å². The highest BCUT2D eigenvalue weighted by Crippen LogP contribution is 2.60. The van der Waals surface area contributed by atoms with Gasteiger partial charge in [0.15, 0.2) is 6.10 Å². The van der Waals surface area contributed by atoms with Crippen LogP contribution >= 0.6 is 0 Å². The van der Waals surface area contributed by atoms with Crippen molar-refractivity contribution in [2.24, 2.45) is 17.8 Å². The lowest BCUT2D eigenvalue weighted by molar-refractivity contribution is -0.122. The molecule has 186 valence electrons. The minimum absolute atomic E-state index is 0.193. The van der Waals surface area contributed by atoms with Gasteiger partial charge in [-0.25, -0.2) is 8.42 Å². The Kier molecular flexibility index (Phi) is 5.40. The number of carbonyl (C=O) groups is 1. The molecule has 0 spiro atoms. The summed E-state index contributed by atoms with van der Waals surface area (Å²) in [4.78, 5) is 13.2. The lowest BCUT2D eigenvalue weighted by Crippen LogP contribution is -2.48. The van der Waals surface area contributed by atoms with E-state index in [0.717, 1.165) is 29.0 Å². The van der Waals surface area contributed by atoms with E-state index in [0.29, 0.717) is 16.9 Å². The number of nitrogens with one attached hydrogen (secondary N) is 1. The van der Waals surface area contributed by atoms with E-state index in [1.165, 1.54) is 54.6 Å². The maximum Gasteiger partial charge on any atom is 0.265 e. The molecule has 1 N–H and O–H groups in total. The molecule has 1 aliphatic heterocycles. The Morgan fingerprint density at radius 3 is 2.23 bits per heavy atom. The van der Waals surface area contributed by atoms with Crippen LogP contribution in [0.3, 0.4) is 0 Å². The molecule has 7 rings (SSSR count). The number of hydrogen-bond donors (Lipinski definition) is 1.